The molecular weight excluding hydrogens is 436 g/mol. The Balaban J connectivity index is 1.53. The van der Waals surface area contributed by atoms with Crippen LogP contribution in [-0.4, -0.2) is 35.1 Å². The minimum Gasteiger partial charge on any atom is -0.353 e. The van der Waals surface area contributed by atoms with E-state index >= 15 is 0 Å². The standard InChI is InChI=1S/C29H42N4O2/c1-19-10-11-21-16-28(21,17-30-19)18-31-25(35)29(12-8-9-13-29)33-24(34)20-14-22(26(2,3)4)32-23(15-20)27(5,6)7/h10,14-15,17,21H,8-9,11-13,16,18H2,1-7H3,(H,31,35)(H,33,34). The monoisotopic (exact) mass is 478 g/mol. The fourth-order valence-corrected chi connectivity index (χ4v) is 5.26. The molecule has 2 N–H and O–H groups in total. The zero-order valence-corrected chi connectivity index (χ0v) is 22.5. The van der Waals surface area contributed by atoms with Crippen LogP contribution in [0, 0.1) is 11.3 Å². The Morgan fingerprint density at radius 1 is 1.03 bits per heavy atom. The second kappa shape index (κ2) is 8.86. The predicted octanol–water partition coefficient (Wildman–Crippen LogP) is 5.22. The second-order valence-electron chi connectivity index (χ2n) is 13.0. The quantitative estimate of drug-likeness (QED) is 0.609. The molecule has 2 unspecified atom stereocenters. The van der Waals surface area contributed by atoms with Crippen molar-refractivity contribution in [2.75, 3.05) is 6.54 Å². The molecule has 3 aliphatic rings. The van der Waals surface area contributed by atoms with E-state index in [0.717, 1.165) is 42.8 Å². The third-order valence-corrected chi connectivity index (χ3v) is 7.95. The maximum absolute atomic E-state index is 13.6. The third-order valence-electron chi connectivity index (χ3n) is 7.95. The number of allylic oxidation sites excluding steroid dienone is 2. The molecule has 4 rings (SSSR count). The van der Waals surface area contributed by atoms with Crippen LogP contribution in [0.1, 0.15) is 109 Å². The van der Waals surface area contributed by atoms with Crippen LogP contribution in [0.4, 0.5) is 0 Å². The van der Waals surface area contributed by atoms with Crippen LogP contribution in [0.5, 0.6) is 0 Å². The number of nitrogens with zero attached hydrogens (tertiary/aromatic N) is 2. The molecule has 6 nitrogen and oxygen atoms in total. The SMILES string of the molecule is CC1=CCC2CC2(CNC(=O)C2(NC(=O)c3cc(C(C)(C)C)nc(C(C)(C)C)c3)CCCC2)C=N1. The summed E-state index contributed by atoms with van der Waals surface area (Å²) in [4.78, 5) is 36.6. The molecule has 2 fully saturated rings. The fraction of sp³-hybridized carbons (Fsp3) is 0.655. The van der Waals surface area contributed by atoms with E-state index in [4.69, 9.17) is 4.98 Å². The molecule has 1 aliphatic heterocycles. The Morgan fingerprint density at radius 3 is 2.20 bits per heavy atom. The summed E-state index contributed by atoms with van der Waals surface area (Å²) in [6.45, 7) is 15.2. The number of aromatic nitrogens is 1. The van der Waals surface area contributed by atoms with Gasteiger partial charge in [0, 0.05) is 51.7 Å². The lowest BCUT2D eigenvalue weighted by Crippen LogP contribution is -2.58. The highest BCUT2D eigenvalue weighted by atomic mass is 16.2. The van der Waals surface area contributed by atoms with Crippen LogP contribution in [0.15, 0.2) is 28.9 Å². The van der Waals surface area contributed by atoms with Gasteiger partial charge >= 0.3 is 0 Å². The van der Waals surface area contributed by atoms with Gasteiger partial charge < -0.3 is 10.6 Å². The van der Waals surface area contributed by atoms with Crippen molar-refractivity contribution in [2.24, 2.45) is 16.3 Å². The van der Waals surface area contributed by atoms with E-state index in [1.54, 1.807) is 0 Å². The van der Waals surface area contributed by atoms with E-state index in [1.807, 2.05) is 25.3 Å². The van der Waals surface area contributed by atoms with Crippen molar-refractivity contribution in [1.29, 1.82) is 0 Å². The van der Waals surface area contributed by atoms with Crippen molar-refractivity contribution >= 4 is 18.0 Å². The molecule has 0 saturated heterocycles. The molecule has 2 atom stereocenters. The highest BCUT2D eigenvalue weighted by molar-refractivity contribution is 5.99. The molecule has 2 heterocycles. The average Bonchev–Trinajstić information content (AvgIpc) is 3.31. The lowest BCUT2D eigenvalue weighted by Gasteiger charge is -2.30. The van der Waals surface area contributed by atoms with Gasteiger partial charge in [0.15, 0.2) is 0 Å². The molecule has 6 heteroatoms. The first-order valence-corrected chi connectivity index (χ1v) is 13.1. The van der Waals surface area contributed by atoms with Crippen molar-refractivity contribution < 1.29 is 9.59 Å². The number of amides is 2. The summed E-state index contributed by atoms with van der Waals surface area (Å²) < 4.78 is 0. The maximum atomic E-state index is 13.6. The Bertz CT molecular complexity index is 1030. The van der Waals surface area contributed by atoms with E-state index < -0.39 is 5.54 Å². The second-order valence-corrected chi connectivity index (χ2v) is 13.0. The van der Waals surface area contributed by atoms with Gasteiger partial charge in [0.2, 0.25) is 5.91 Å². The highest BCUT2D eigenvalue weighted by Crippen LogP contribution is 2.54. The molecule has 0 aromatic carbocycles. The van der Waals surface area contributed by atoms with Gasteiger partial charge in [-0.3, -0.25) is 19.6 Å². The fourth-order valence-electron chi connectivity index (χ4n) is 5.26. The Hall–Kier alpha value is -2.50. The van der Waals surface area contributed by atoms with Gasteiger partial charge in [-0.1, -0.05) is 60.5 Å². The summed E-state index contributed by atoms with van der Waals surface area (Å²) in [7, 11) is 0. The molecule has 2 saturated carbocycles. The Labute approximate surface area is 210 Å². The normalized spacial score (nSPS) is 25.3. The smallest absolute Gasteiger partial charge is 0.252 e. The lowest BCUT2D eigenvalue weighted by atomic mass is 9.86. The van der Waals surface area contributed by atoms with E-state index in [-0.39, 0.29) is 28.1 Å². The van der Waals surface area contributed by atoms with Gasteiger partial charge in [-0.2, -0.15) is 0 Å². The van der Waals surface area contributed by atoms with Gasteiger partial charge in [-0.25, -0.2) is 0 Å². The number of carbonyl (C=O) groups is 2. The molecule has 190 valence electrons. The summed E-state index contributed by atoms with van der Waals surface area (Å²) in [5, 5.41) is 6.38. The summed E-state index contributed by atoms with van der Waals surface area (Å²) in [5.41, 5.74) is 2.11. The van der Waals surface area contributed by atoms with Gasteiger partial charge in [0.25, 0.3) is 5.91 Å². The van der Waals surface area contributed by atoms with Crippen LogP contribution in [0.25, 0.3) is 0 Å². The van der Waals surface area contributed by atoms with Crippen molar-refractivity contribution in [3.63, 3.8) is 0 Å². The number of pyridine rings is 1. The van der Waals surface area contributed by atoms with Crippen molar-refractivity contribution in [3.05, 3.63) is 40.9 Å². The Morgan fingerprint density at radius 2 is 1.63 bits per heavy atom. The molecule has 0 radical (unpaired) electrons. The highest BCUT2D eigenvalue weighted by Gasteiger charge is 2.53. The van der Waals surface area contributed by atoms with Crippen molar-refractivity contribution in [2.45, 2.75) is 103 Å². The molecule has 35 heavy (non-hydrogen) atoms. The van der Waals surface area contributed by atoms with Crippen LogP contribution in [-0.2, 0) is 15.6 Å². The van der Waals surface area contributed by atoms with E-state index in [9.17, 15) is 9.59 Å². The number of hydrogen-bond acceptors (Lipinski definition) is 4. The number of rotatable bonds is 5. The van der Waals surface area contributed by atoms with E-state index in [1.165, 1.54) is 0 Å². The Kier molecular flexibility index (Phi) is 6.48. The van der Waals surface area contributed by atoms with Gasteiger partial charge in [0.1, 0.15) is 5.54 Å². The van der Waals surface area contributed by atoms with Crippen LogP contribution in [0.3, 0.4) is 0 Å². The summed E-state index contributed by atoms with van der Waals surface area (Å²) in [5.74, 6) is 0.284. The molecule has 0 spiro atoms. The maximum Gasteiger partial charge on any atom is 0.252 e. The van der Waals surface area contributed by atoms with Crippen LogP contribution in [0.2, 0.25) is 0 Å². The number of fused-ring (bicyclic) bond motifs is 1. The van der Waals surface area contributed by atoms with Crippen LogP contribution < -0.4 is 10.6 Å². The first-order chi connectivity index (χ1) is 16.2. The van der Waals surface area contributed by atoms with Gasteiger partial charge in [0.05, 0.1) is 0 Å². The first kappa shape index (κ1) is 25.6. The summed E-state index contributed by atoms with van der Waals surface area (Å²) >= 11 is 0. The summed E-state index contributed by atoms with van der Waals surface area (Å²) in [6, 6.07) is 3.77. The number of aliphatic imine (C=N–C) groups is 1. The van der Waals surface area contributed by atoms with E-state index in [0.29, 0.717) is 30.9 Å². The average molecular weight is 479 g/mol. The largest absolute Gasteiger partial charge is 0.353 e. The molecule has 1 aromatic heterocycles. The van der Waals surface area contributed by atoms with Gasteiger partial charge in [-0.05, 0) is 50.7 Å². The minimum absolute atomic E-state index is 0.0396. The van der Waals surface area contributed by atoms with Gasteiger partial charge in [-0.15, -0.1) is 0 Å². The lowest BCUT2D eigenvalue weighted by molar-refractivity contribution is -0.127. The first-order valence-electron chi connectivity index (χ1n) is 13.1. The summed E-state index contributed by atoms with van der Waals surface area (Å²) in [6.07, 6.45) is 9.49. The zero-order chi connectivity index (χ0) is 25.6. The molecule has 1 aromatic rings. The van der Waals surface area contributed by atoms with Crippen LogP contribution >= 0.6 is 0 Å². The van der Waals surface area contributed by atoms with Crippen molar-refractivity contribution in [3.8, 4) is 0 Å². The number of hydrogen-bond donors (Lipinski definition) is 2. The predicted molar refractivity (Wildman–Crippen MR) is 141 cm³/mol. The molecule has 2 amide bonds. The molecular formula is C29H42N4O2. The number of carbonyl (C=O) groups excluding carboxylic acids is 2. The molecule has 0 bridgehead atoms. The zero-order valence-electron chi connectivity index (χ0n) is 22.5. The third kappa shape index (κ3) is 5.36. The topological polar surface area (TPSA) is 83.5 Å². The van der Waals surface area contributed by atoms with E-state index in [2.05, 4.69) is 63.2 Å². The number of nitrogens with one attached hydrogen (secondary N) is 2. The van der Waals surface area contributed by atoms with Crippen molar-refractivity contribution in [1.82, 2.24) is 15.6 Å². The minimum atomic E-state index is -0.860. The molecule has 2 aliphatic carbocycles.